The van der Waals surface area contributed by atoms with Gasteiger partial charge in [-0.3, -0.25) is 14.7 Å². The van der Waals surface area contributed by atoms with E-state index in [1.165, 1.54) is 19.3 Å². The Hall–Kier alpha value is -0.610. The lowest BCUT2D eigenvalue weighted by Gasteiger charge is -2.37. The van der Waals surface area contributed by atoms with E-state index in [0.717, 1.165) is 71.2 Å². The van der Waals surface area contributed by atoms with Crippen molar-refractivity contribution in [1.82, 2.24) is 20.4 Å². The molecule has 0 aromatic heterocycles. The summed E-state index contributed by atoms with van der Waals surface area (Å²) < 4.78 is 5.51. The van der Waals surface area contributed by atoms with Gasteiger partial charge in [-0.25, -0.2) is 0 Å². The van der Waals surface area contributed by atoms with Crippen LogP contribution in [0, 0.1) is 11.8 Å². The molecule has 2 atom stereocenters. The number of aliphatic imine (C=N–C) groups is 1. The number of ether oxygens (including phenoxy) is 1. The zero-order valence-corrected chi connectivity index (χ0v) is 21.4. The number of likely N-dealkylation sites (tertiary alicyclic amines) is 1. The first-order valence-corrected chi connectivity index (χ1v) is 11.7. The summed E-state index contributed by atoms with van der Waals surface area (Å²) in [5, 5.41) is 7.09. The molecule has 2 aliphatic heterocycles. The molecule has 174 valence electrons. The number of amides is 1. The van der Waals surface area contributed by atoms with Crippen LogP contribution in [0.25, 0.3) is 0 Å². The summed E-state index contributed by atoms with van der Waals surface area (Å²) in [6.07, 6.45) is 6.86. The van der Waals surface area contributed by atoms with Crippen molar-refractivity contribution in [2.45, 2.75) is 64.5 Å². The summed E-state index contributed by atoms with van der Waals surface area (Å²) in [7, 11) is 1.83. The number of morpholine rings is 1. The highest BCUT2D eigenvalue weighted by Crippen LogP contribution is 2.26. The molecule has 8 heteroatoms. The molecule has 30 heavy (non-hydrogen) atoms. The number of nitrogens with one attached hydrogen (secondary N) is 2. The van der Waals surface area contributed by atoms with Gasteiger partial charge < -0.3 is 20.3 Å². The molecule has 2 saturated heterocycles. The van der Waals surface area contributed by atoms with E-state index in [0.29, 0.717) is 17.9 Å². The predicted molar refractivity (Wildman–Crippen MR) is 132 cm³/mol. The molecule has 2 heterocycles. The molecule has 1 aliphatic carbocycles. The molecular weight excluding hydrogens is 493 g/mol. The second-order valence-electron chi connectivity index (χ2n) is 9.16. The van der Waals surface area contributed by atoms with Gasteiger partial charge in [-0.15, -0.1) is 24.0 Å². The van der Waals surface area contributed by atoms with E-state index in [1.54, 1.807) is 0 Å². The van der Waals surface area contributed by atoms with Crippen molar-refractivity contribution in [3.05, 3.63) is 0 Å². The smallest absolute Gasteiger partial charge is 0.225 e. The highest BCUT2D eigenvalue weighted by atomic mass is 127. The SMILES string of the molecule is CN=C(NCC(C(C)C)N1CCOCC1)NC1CCN(C(=O)C2CCCCC2)C1.I. The van der Waals surface area contributed by atoms with Crippen LogP contribution in [0.3, 0.4) is 0 Å². The Balaban J connectivity index is 0.00000320. The maximum absolute atomic E-state index is 12.8. The van der Waals surface area contributed by atoms with E-state index in [2.05, 4.69) is 39.3 Å². The summed E-state index contributed by atoms with van der Waals surface area (Å²) in [5.41, 5.74) is 0. The van der Waals surface area contributed by atoms with E-state index in [-0.39, 0.29) is 35.9 Å². The van der Waals surface area contributed by atoms with Gasteiger partial charge in [0.15, 0.2) is 5.96 Å². The largest absolute Gasteiger partial charge is 0.379 e. The monoisotopic (exact) mass is 535 g/mol. The maximum atomic E-state index is 12.8. The zero-order chi connectivity index (χ0) is 20.6. The van der Waals surface area contributed by atoms with Crippen molar-refractivity contribution < 1.29 is 9.53 Å². The normalized spacial score (nSPS) is 25.1. The van der Waals surface area contributed by atoms with Crippen LogP contribution in [0.1, 0.15) is 52.4 Å². The van der Waals surface area contributed by atoms with Crippen LogP contribution in [-0.2, 0) is 9.53 Å². The van der Waals surface area contributed by atoms with Crippen molar-refractivity contribution in [1.29, 1.82) is 0 Å². The number of rotatable bonds is 6. The molecule has 3 fully saturated rings. The first kappa shape index (κ1) is 25.6. The number of carbonyl (C=O) groups excluding carboxylic acids is 1. The number of nitrogens with zero attached hydrogens (tertiary/aromatic N) is 3. The lowest BCUT2D eigenvalue weighted by Crippen LogP contribution is -2.53. The van der Waals surface area contributed by atoms with Gasteiger partial charge in [0, 0.05) is 57.8 Å². The van der Waals surface area contributed by atoms with Crippen molar-refractivity contribution in [3.8, 4) is 0 Å². The lowest BCUT2D eigenvalue weighted by atomic mass is 9.88. The summed E-state index contributed by atoms with van der Waals surface area (Å²) in [5.74, 6) is 2.05. The Morgan fingerprint density at radius 2 is 1.80 bits per heavy atom. The minimum Gasteiger partial charge on any atom is -0.379 e. The van der Waals surface area contributed by atoms with Crippen LogP contribution in [0.4, 0.5) is 0 Å². The Labute approximate surface area is 199 Å². The third kappa shape index (κ3) is 7.22. The molecule has 1 saturated carbocycles. The van der Waals surface area contributed by atoms with Crippen molar-refractivity contribution >= 4 is 35.8 Å². The quantitative estimate of drug-likeness (QED) is 0.311. The van der Waals surface area contributed by atoms with Gasteiger partial charge in [0.1, 0.15) is 0 Å². The van der Waals surface area contributed by atoms with Gasteiger partial charge in [-0.1, -0.05) is 33.1 Å². The number of carbonyl (C=O) groups is 1. The average molecular weight is 536 g/mol. The molecule has 0 aromatic rings. The first-order valence-electron chi connectivity index (χ1n) is 11.7. The molecule has 0 aromatic carbocycles. The molecule has 2 N–H and O–H groups in total. The van der Waals surface area contributed by atoms with Crippen LogP contribution in [-0.4, -0.2) is 86.7 Å². The molecule has 3 rings (SSSR count). The van der Waals surface area contributed by atoms with Gasteiger partial charge in [0.05, 0.1) is 13.2 Å². The standard InChI is InChI=1S/C22H41N5O2.HI/c1-17(2)20(26-11-13-29-14-12-26)15-24-22(23-3)25-19-9-10-27(16-19)21(28)18-7-5-4-6-8-18;/h17-20H,4-16H2,1-3H3,(H2,23,24,25);1H. The molecule has 2 unspecified atom stereocenters. The maximum Gasteiger partial charge on any atom is 0.225 e. The van der Waals surface area contributed by atoms with E-state index in [1.807, 2.05) is 7.05 Å². The van der Waals surface area contributed by atoms with E-state index in [4.69, 9.17) is 4.74 Å². The van der Waals surface area contributed by atoms with Crippen LogP contribution in [0.5, 0.6) is 0 Å². The first-order chi connectivity index (χ1) is 14.1. The van der Waals surface area contributed by atoms with Crippen LogP contribution in [0.15, 0.2) is 4.99 Å². The Kier molecular flexibility index (Phi) is 11.2. The van der Waals surface area contributed by atoms with E-state index in [9.17, 15) is 4.79 Å². The van der Waals surface area contributed by atoms with Crippen molar-refractivity contribution in [2.75, 3.05) is 53.0 Å². The average Bonchev–Trinajstić information content (AvgIpc) is 3.22. The van der Waals surface area contributed by atoms with Gasteiger partial charge in [-0.05, 0) is 25.2 Å². The van der Waals surface area contributed by atoms with Crippen LogP contribution < -0.4 is 10.6 Å². The van der Waals surface area contributed by atoms with Crippen LogP contribution >= 0.6 is 24.0 Å². The highest BCUT2D eigenvalue weighted by Gasteiger charge is 2.32. The van der Waals surface area contributed by atoms with Crippen molar-refractivity contribution in [2.24, 2.45) is 16.8 Å². The van der Waals surface area contributed by atoms with E-state index < -0.39 is 0 Å². The molecule has 7 nitrogen and oxygen atoms in total. The summed E-state index contributed by atoms with van der Waals surface area (Å²) in [6.45, 7) is 10.7. The third-order valence-corrected chi connectivity index (χ3v) is 6.78. The van der Waals surface area contributed by atoms with Gasteiger partial charge >= 0.3 is 0 Å². The number of hydrogen-bond donors (Lipinski definition) is 2. The Morgan fingerprint density at radius 3 is 2.43 bits per heavy atom. The van der Waals surface area contributed by atoms with E-state index >= 15 is 0 Å². The summed E-state index contributed by atoms with van der Waals surface area (Å²) >= 11 is 0. The molecule has 0 spiro atoms. The van der Waals surface area contributed by atoms with Gasteiger partial charge in [-0.2, -0.15) is 0 Å². The fraction of sp³-hybridized carbons (Fsp3) is 0.909. The third-order valence-electron chi connectivity index (χ3n) is 6.78. The molecule has 1 amide bonds. The Morgan fingerprint density at radius 1 is 1.10 bits per heavy atom. The number of hydrogen-bond acceptors (Lipinski definition) is 4. The minimum atomic E-state index is 0. The topological polar surface area (TPSA) is 69.2 Å². The molecule has 0 radical (unpaired) electrons. The fourth-order valence-electron chi connectivity index (χ4n) is 4.97. The van der Waals surface area contributed by atoms with Gasteiger partial charge in [0.2, 0.25) is 5.91 Å². The highest BCUT2D eigenvalue weighted by molar-refractivity contribution is 14.0. The van der Waals surface area contributed by atoms with Crippen LogP contribution in [0.2, 0.25) is 0 Å². The fourth-order valence-corrected chi connectivity index (χ4v) is 4.97. The minimum absolute atomic E-state index is 0. The number of halogens is 1. The second kappa shape index (κ2) is 13.1. The van der Waals surface area contributed by atoms with Gasteiger partial charge in [0.25, 0.3) is 0 Å². The molecule has 0 bridgehead atoms. The Bertz CT molecular complexity index is 548. The predicted octanol–water partition coefficient (Wildman–Crippen LogP) is 2.31. The second-order valence-corrected chi connectivity index (χ2v) is 9.16. The lowest BCUT2D eigenvalue weighted by molar-refractivity contribution is -0.135. The van der Waals surface area contributed by atoms with Crippen molar-refractivity contribution in [3.63, 3.8) is 0 Å². The summed E-state index contributed by atoms with van der Waals surface area (Å²) in [6, 6.07) is 0.750. The number of guanidine groups is 1. The zero-order valence-electron chi connectivity index (χ0n) is 19.1. The molecular formula is C22H42IN5O2. The molecule has 3 aliphatic rings. The summed E-state index contributed by atoms with van der Waals surface area (Å²) in [4.78, 5) is 21.8.